The van der Waals surface area contributed by atoms with Gasteiger partial charge in [-0.3, -0.25) is 11.2 Å². The standard InChI is InChI=1S/C5H12BrN3/c6-4-1-2-5(9-7)8-3-4/h4-5,8-9H,1-3,7H2. The highest BCUT2D eigenvalue weighted by molar-refractivity contribution is 9.09. The van der Waals surface area contributed by atoms with Crippen molar-refractivity contribution in [2.24, 2.45) is 5.84 Å². The van der Waals surface area contributed by atoms with Gasteiger partial charge in [-0.2, -0.15) is 0 Å². The average molecular weight is 194 g/mol. The van der Waals surface area contributed by atoms with E-state index in [4.69, 9.17) is 5.84 Å². The van der Waals surface area contributed by atoms with Gasteiger partial charge in [-0.1, -0.05) is 15.9 Å². The molecule has 3 nitrogen and oxygen atoms in total. The van der Waals surface area contributed by atoms with Crippen LogP contribution in [0.2, 0.25) is 0 Å². The van der Waals surface area contributed by atoms with E-state index in [1.807, 2.05) is 0 Å². The lowest BCUT2D eigenvalue weighted by Gasteiger charge is -2.25. The van der Waals surface area contributed by atoms with E-state index in [-0.39, 0.29) is 0 Å². The average Bonchev–Trinajstić information content (AvgIpc) is 1.90. The predicted octanol–water partition coefficient (Wildman–Crippen LogP) is -0.0773. The first-order chi connectivity index (χ1) is 4.33. The molecule has 1 saturated heterocycles. The molecule has 2 unspecified atom stereocenters. The van der Waals surface area contributed by atoms with Crippen molar-refractivity contribution in [3.8, 4) is 0 Å². The number of alkyl halides is 1. The van der Waals surface area contributed by atoms with Crippen molar-refractivity contribution in [1.82, 2.24) is 10.7 Å². The SMILES string of the molecule is NNC1CCC(Br)CN1. The molecule has 0 aromatic heterocycles. The number of halogens is 1. The third kappa shape index (κ3) is 2.21. The fraction of sp³-hybridized carbons (Fsp3) is 1.00. The Bertz CT molecular complexity index is 80.3. The maximum Gasteiger partial charge on any atom is 0.0702 e. The molecule has 1 aliphatic rings. The lowest BCUT2D eigenvalue weighted by molar-refractivity contribution is 0.356. The van der Waals surface area contributed by atoms with Gasteiger partial charge >= 0.3 is 0 Å². The number of piperidine rings is 1. The summed E-state index contributed by atoms with van der Waals surface area (Å²) in [6, 6.07) is 0. The molecule has 1 aliphatic heterocycles. The van der Waals surface area contributed by atoms with E-state index >= 15 is 0 Å². The first-order valence-electron chi connectivity index (χ1n) is 3.16. The fourth-order valence-corrected chi connectivity index (χ4v) is 1.42. The van der Waals surface area contributed by atoms with Crippen LogP contribution in [0, 0.1) is 0 Å². The first-order valence-corrected chi connectivity index (χ1v) is 4.08. The van der Waals surface area contributed by atoms with Crippen molar-refractivity contribution in [1.29, 1.82) is 0 Å². The van der Waals surface area contributed by atoms with Crippen molar-refractivity contribution in [3.63, 3.8) is 0 Å². The van der Waals surface area contributed by atoms with Crippen molar-refractivity contribution in [3.05, 3.63) is 0 Å². The summed E-state index contributed by atoms with van der Waals surface area (Å²) in [7, 11) is 0. The van der Waals surface area contributed by atoms with E-state index in [2.05, 4.69) is 26.7 Å². The highest BCUT2D eigenvalue weighted by Gasteiger charge is 2.15. The summed E-state index contributed by atoms with van der Waals surface area (Å²) in [5, 5.41) is 3.24. The molecule has 0 spiro atoms. The summed E-state index contributed by atoms with van der Waals surface area (Å²) >= 11 is 3.51. The van der Waals surface area contributed by atoms with Crippen LogP contribution in [0.15, 0.2) is 0 Å². The molecule has 0 aromatic rings. The van der Waals surface area contributed by atoms with Crippen LogP contribution in [0.1, 0.15) is 12.8 Å². The summed E-state index contributed by atoms with van der Waals surface area (Å²) in [4.78, 5) is 0.627. The highest BCUT2D eigenvalue weighted by Crippen LogP contribution is 2.12. The van der Waals surface area contributed by atoms with Crippen molar-refractivity contribution in [2.75, 3.05) is 6.54 Å². The Labute approximate surface area is 63.5 Å². The molecule has 1 rings (SSSR count). The van der Waals surface area contributed by atoms with Crippen molar-refractivity contribution in [2.45, 2.75) is 23.8 Å². The van der Waals surface area contributed by atoms with Gasteiger partial charge in [0.1, 0.15) is 0 Å². The minimum atomic E-state index is 0.318. The Morgan fingerprint density at radius 2 is 2.33 bits per heavy atom. The molecule has 0 radical (unpaired) electrons. The molecule has 2 atom stereocenters. The zero-order valence-corrected chi connectivity index (χ0v) is 6.82. The van der Waals surface area contributed by atoms with Crippen LogP contribution >= 0.6 is 15.9 Å². The monoisotopic (exact) mass is 193 g/mol. The normalized spacial score (nSPS) is 36.7. The third-order valence-electron chi connectivity index (χ3n) is 1.56. The molecule has 9 heavy (non-hydrogen) atoms. The molecule has 4 heteroatoms. The van der Waals surface area contributed by atoms with Crippen molar-refractivity contribution < 1.29 is 0 Å². The van der Waals surface area contributed by atoms with Gasteiger partial charge in [-0.25, -0.2) is 5.43 Å². The minimum absolute atomic E-state index is 0.318. The molecule has 4 N–H and O–H groups in total. The molecule has 0 aromatic carbocycles. The summed E-state index contributed by atoms with van der Waals surface area (Å²) in [6.45, 7) is 1.01. The van der Waals surface area contributed by atoms with E-state index in [1.54, 1.807) is 0 Å². The van der Waals surface area contributed by atoms with Crippen molar-refractivity contribution >= 4 is 15.9 Å². The molecular formula is C5H12BrN3. The van der Waals surface area contributed by atoms with Crippen LogP contribution in [-0.4, -0.2) is 17.5 Å². The minimum Gasteiger partial charge on any atom is -0.300 e. The topological polar surface area (TPSA) is 50.1 Å². The molecule has 0 bridgehead atoms. The molecule has 0 saturated carbocycles. The number of rotatable bonds is 1. The number of hydrazine groups is 1. The summed E-state index contributed by atoms with van der Waals surface area (Å²) < 4.78 is 0. The maximum absolute atomic E-state index is 5.22. The Kier molecular flexibility index (Phi) is 2.91. The molecular weight excluding hydrogens is 182 g/mol. The lowest BCUT2D eigenvalue weighted by Crippen LogP contribution is -2.51. The second-order valence-corrected chi connectivity index (χ2v) is 3.60. The molecule has 54 valence electrons. The quantitative estimate of drug-likeness (QED) is 0.311. The van der Waals surface area contributed by atoms with E-state index in [0.29, 0.717) is 11.0 Å². The largest absolute Gasteiger partial charge is 0.300 e. The molecule has 0 amide bonds. The van der Waals surface area contributed by atoms with Gasteiger partial charge < -0.3 is 0 Å². The van der Waals surface area contributed by atoms with Crippen LogP contribution in [0.5, 0.6) is 0 Å². The highest BCUT2D eigenvalue weighted by atomic mass is 79.9. The molecule has 1 heterocycles. The van der Waals surface area contributed by atoms with Crippen LogP contribution in [0.25, 0.3) is 0 Å². The number of hydrogen-bond donors (Lipinski definition) is 3. The van der Waals surface area contributed by atoms with E-state index < -0.39 is 0 Å². The van der Waals surface area contributed by atoms with Crippen LogP contribution in [0.4, 0.5) is 0 Å². The molecule has 0 aliphatic carbocycles. The Hall–Kier alpha value is 0.360. The second kappa shape index (κ2) is 3.51. The Morgan fingerprint density at radius 1 is 1.56 bits per heavy atom. The van der Waals surface area contributed by atoms with Gasteiger partial charge in [0.2, 0.25) is 0 Å². The van der Waals surface area contributed by atoms with E-state index in [9.17, 15) is 0 Å². The zero-order chi connectivity index (χ0) is 6.69. The smallest absolute Gasteiger partial charge is 0.0702 e. The number of nitrogens with two attached hydrogens (primary N) is 1. The Morgan fingerprint density at radius 3 is 2.78 bits per heavy atom. The van der Waals surface area contributed by atoms with Gasteiger partial charge in [-0.15, -0.1) is 0 Å². The van der Waals surface area contributed by atoms with Crippen LogP contribution in [-0.2, 0) is 0 Å². The first kappa shape index (κ1) is 7.47. The fourth-order valence-electron chi connectivity index (χ4n) is 0.964. The number of nitrogens with one attached hydrogen (secondary N) is 2. The van der Waals surface area contributed by atoms with E-state index in [0.717, 1.165) is 13.0 Å². The molecule has 1 fully saturated rings. The number of hydrogen-bond acceptors (Lipinski definition) is 3. The van der Waals surface area contributed by atoms with Gasteiger partial charge in [0.25, 0.3) is 0 Å². The van der Waals surface area contributed by atoms with Gasteiger partial charge in [0.05, 0.1) is 6.17 Å². The van der Waals surface area contributed by atoms with Gasteiger partial charge in [-0.05, 0) is 12.8 Å². The second-order valence-electron chi connectivity index (χ2n) is 2.30. The van der Waals surface area contributed by atoms with Gasteiger partial charge in [0, 0.05) is 11.4 Å². The maximum atomic E-state index is 5.22. The Balaban J connectivity index is 2.18. The van der Waals surface area contributed by atoms with E-state index in [1.165, 1.54) is 6.42 Å². The summed E-state index contributed by atoms with van der Waals surface area (Å²) in [6.07, 6.45) is 2.62. The summed E-state index contributed by atoms with van der Waals surface area (Å²) in [5.74, 6) is 5.22. The summed E-state index contributed by atoms with van der Waals surface area (Å²) in [5.41, 5.74) is 2.69. The van der Waals surface area contributed by atoms with Gasteiger partial charge in [0.15, 0.2) is 0 Å². The third-order valence-corrected chi connectivity index (χ3v) is 2.34. The van der Waals surface area contributed by atoms with Crippen LogP contribution < -0.4 is 16.6 Å². The zero-order valence-electron chi connectivity index (χ0n) is 5.23. The van der Waals surface area contributed by atoms with Crippen LogP contribution in [0.3, 0.4) is 0 Å². The predicted molar refractivity (Wildman–Crippen MR) is 41.1 cm³/mol. The lowest BCUT2D eigenvalue weighted by atomic mass is 10.1.